The second-order valence-corrected chi connectivity index (χ2v) is 7.64. The summed E-state index contributed by atoms with van der Waals surface area (Å²) in [6.07, 6.45) is 5.25. The van der Waals surface area contributed by atoms with Gasteiger partial charge in [0.25, 0.3) is 5.65 Å². The van der Waals surface area contributed by atoms with Crippen LogP contribution < -0.4 is 5.32 Å². The number of hydrogen-bond donors (Lipinski definition) is 2. The van der Waals surface area contributed by atoms with Gasteiger partial charge in [0, 0.05) is 29.7 Å². The molecule has 24 heavy (non-hydrogen) atoms. The molecule has 1 aliphatic heterocycles. The molecule has 1 aliphatic carbocycles. The van der Waals surface area contributed by atoms with E-state index < -0.39 is 0 Å². The largest absolute Gasteiger partial charge is 0.361 e. The molecule has 0 radical (unpaired) electrons. The van der Waals surface area contributed by atoms with E-state index in [1.807, 2.05) is 0 Å². The molecular weight excluding hydrogens is 342 g/mol. The van der Waals surface area contributed by atoms with Crippen molar-refractivity contribution >= 4 is 39.1 Å². The number of hydrogen-bond acceptors (Lipinski definition) is 3. The SMILES string of the molecule is CN1C[C@@H](NC(=O)P=NP=O)C=C2c3cccc4[nH]cc(c34)C[C@H]21. The Labute approximate surface area is 142 Å². The average molecular weight is 358 g/mol. The van der Waals surface area contributed by atoms with Crippen molar-refractivity contribution in [2.45, 2.75) is 18.5 Å². The van der Waals surface area contributed by atoms with Crippen molar-refractivity contribution in [1.82, 2.24) is 15.2 Å². The number of H-pyrrole nitrogens is 1. The van der Waals surface area contributed by atoms with Crippen molar-refractivity contribution in [3.63, 3.8) is 0 Å². The summed E-state index contributed by atoms with van der Waals surface area (Å²) in [5, 5.41) is 4.24. The van der Waals surface area contributed by atoms with Crippen molar-refractivity contribution in [3.05, 3.63) is 41.6 Å². The predicted molar refractivity (Wildman–Crippen MR) is 95.7 cm³/mol. The monoisotopic (exact) mass is 358 g/mol. The fourth-order valence-electron chi connectivity index (χ4n) is 3.79. The van der Waals surface area contributed by atoms with Gasteiger partial charge in [0.2, 0.25) is 0 Å². The highest BCUT2D eigenvalue weighted by atomic mass is 31.1. The molecule has 2 atom stereocenters. The van der Waals surface area contributed by atoms with Gasteiger partial charge in [0.15, 0.2) is 0 Å². The Balaban J connectivity index is 1.72. The topological polar surface area (TPSA) is 77.6 Å². The van der Waals surface area contributed by atoms with Crippen LogP contribution in [-0.4, -0.2) is 41.2 Å². The molecule has 0 bridgehead atoms. The van der Waals surface area contributed by atoms with Gasteiger partial charge in [0.05, 0.1) is 6.04 Å². The van der Waals surface area contributed by atoms with Gasteiger partial charge in [-0.3, -0.25) is 9.69 Å². The molecule has 6 nitrogen and oxygen atoms in total. The summed E-state index contributed by atoms with van der Waals surface area (Å²) in [5.74, 6) is 0. The van der Waals surface area contributed by atoms with E-state index in [1.165, 1.54) is 22.1 Å². The molecule has 0 saturated heterocycles. The van der Waals surface area contributed by atoms with Crippen LogP contribution in [-0.2, 0) is 11.0 Å². The van der Waals surface area contributed by atoms with E-state index in [1.54, 1.807) is 0 Å². The first kappa shape index (κ1) is 15.6. The molecule has 2 aliphatic rings. The molecule has 4 rings (SSSR count). The number of nitrogens with zero attached hydrogens (tertiary/aromatic N) is 2. The van der Waals surface area contributed by atoms with Crippen LogP contribution >= 0.6 is 17.0 Å². The maximum atomic E-state index is 11.9. The normalized spacial score (nSPS) is 23.5. The number of benzene rings is 1. The van der Waals surface area contributed by atoms with E-state index in [-0.39, 0.29) is 28.7 Å². The second-order valence-electron chi connectivity index (χ2n) is 6.15. The molecule has 2 heterocycles. The standard InChI is InChI=1S/C16H16N4O2P2/c1-20-8-10(18-16(21)23-19-24-22)6-12-11-3-2-4-13-15(11)9(7-17-13)5-14(12)20/h2-4,6-7,10,14,17H,5,8H2,1H3,(H,18,21)/t10-,14+/m0/s1. The minimum Gasteiger partial charge on any atom is -0.361 e. The lowest BCUT2D eigenvalue weighted by Crippen LogP contribution is -2.49. The van der Waals surface area contributed by atoms with Crippen LogP contribution in [0, 0.1) is 0 Å². The number of carbonyl (C=O) groups excluding carboxylic acids is 1. The van der Waals surface area contributed by atoms with E-state index >= 15 is 0 Å². The number of carbonyl (C=O) groups is 1. The van der Waals surface area contributed by atoms with Crippen LogP contribution in [0.3, 0.4) is 0 Å². The Morgan fingerprint density at radius 1 is 1.46 bits per heavy atom. The first-order valence-electron chi connectivity index (χ1n) is 7.72. The quantitative estimate of drug-likeness (QED) is 0.819. The Kier molecular flexibility index (Phi) is 4.05. The van der Waals surface area contributed by atoms with Gasteiger partial charge in [-0.05, 0) is 36.2 Å². The second kappa shape index (κ2) is 6.21. The van der Waals surface area contributed by atoms with Crippen molar-refractivity contribution in [2.24, 2.45) is 4.52 Å². The van der Waals surface area contributed by atoms with Crippen molar-refractivity contribution in [1.29, 1.82) is 0 Å². The number of rotatable bonds is 3. The van der Waals surface area contributed by atoms with Crippen LogP contribution in [0.5, 0.6) is 0 Å². The number of likely N-dealkylation sites (N-methyl/N-ethyl adjacent to an activating group) is 1. The number of fused-ring (bicyclic) bond motifs is 2. The van der Waals surface area contributed by atoms with E-state index in [9.17, 15) is 9.36 Å². The summed E-state index contributed by atoms with van der Waals surface area (Å²) in [7, 11) is 1.90. The van der Waals surface area contributed by atoms with Gasteiger partial charge in [-0.2, -0.15) is 4.52 Å². The highest BCUT2D eigenvalue weighted by molar-refractivity contribution is 7.52. The molecule has 0 unspecified atom stereocenters. The van der Waals surface area contributed by atoms with Gasteiger partial charge in [0.1, 0.15) is 8.37 Å². The third-order valence-corrected chi connectivity index (χ3v) is 5.71. The minimum absolute atomic E-state index is 0.0736. The Hall–Kier alpha value is -1.87. The van der Waals surface area contributed by atoms with E-state index in [4.69, 9.17) is 0 Å². The predicted octanol–water partition coefficient (Wildman–Crippen LogP) is 3.84. The molecule has 0 spiro atoms. The Morgan fingerprint density at radius 3 is 3.17 bits per heavy atom. The Bertz CT molecular complexity index is 889. The minimum atomic E-state index is -0.364. The van der Waals surface area contributed by atoms with Crippen molar-refractivity contribution < 1.29 is 9.36 Å². The summed E-state index contributed by atoms with van der Waals surface area (Å²) in [6.45, 7) is 0.750. The van der Waals surface area contributed by atoms with Crippen LogP contribution in [0.1, 0.15) is 11.1 Å². The summed E-state index contributed by atoms with van der Waals surface area (Å²) < 4.78 is 13.9. The van der Waals surface area contributed by atoms with Crippen molar-refractivity contribution in [3.8, 4) is 0 Å². The molecule has 2 aromatic rings. The zero-order chi connectivity index (χ0) is 16.7. The smallest absolute Gasteiger partial charge is 0.307 e. The molecule has 2 N–H and O–H groups in total. The van der Waals surface area contributed by atoms with Gasteiger partial charge in [-0.15, -0.1) is 0 Å². The van der Waals surface area contributed by atoms with Crippen molar-refractivity contribution in [2.75, 3.05) is 13.6 Å². The third kappa shape index (κ3) is 2.61. The van der Waals surface area contributed by atoms with Gasteiger partial charge < -0.3 is 10.3 Å². The van der Waals surface area contributed by atoms with Crippen LogP contribution in [0.2, 0.25) is 0 Å². The van der Waals surface area contributed by atoms with E-state index in [0.717, 1.165) is 18.5 Å². The lowest BCUT2D eigenvalue weighted by atomic mass is 9.81. The maximum absolute atomic E-state index is 11.9. The molecule has 0 fully saturated rings. The van der Waals surface area contributed by atoms with Crippen LogP contribution in [0.4, 0.5) is 4.79 Å². The molecule has 0 saturated carbocycles. The third-order valence-electron chi connectivity index (χ3n) is 4.75. The highest BCUT2D eigenvalue weighted by Gasteiger charge is 2.33. The number of amides is 1. The fourth-order valence-corrected chi connectivity index (χ4v) is 4.48. The zero-order valence-corrected chi connectivity index (χ0v) is 14.8. The van der Waals surface area contributed by atoms with Gasteiger partial charge >= 0.3 is 8.61 Å². The zero-order valence-electron chi connectivity index (χ0n) is 13.1. The van der Waals surface area contributed by atoms with E-state index in [0.29, 0.717) is 6.04 Å². The summed E-state index contributed by atoms with van der Waals surface area (Å²) in [6, 6.07) is 6.57. The van der Waals surface area contributed by atoms with Gasteiger partial charge in [-0.1, -0.05) is 18.2 Å². The van der Waals surface area contributed by atoms with Crippen LogP contribution in [0.15, 0.2) is 35.0 Å². The lowest BCUT2D eigenvalue weighted by molar-refractivity contribution is 0.240. The first-order chi connectivity index (χ1) is 11.7. The summed E-state index contributed by atoms with van der Waals surface area (Å²) in [5.41, 5.74) is 4.78. The molecular formula is C16H16N4O2P2. The fraction of sp³-hybridized carbons (Fsp3) is 0.312. The first-order valence-corrected chi connectivity index (χ1v) is 9.34. The molecule has 8 heteroatoms. The number of aromatic nitrogens is 1. The lowest BCUT2D eigenvalue weighted by Gasteiger charge is -2.39. The van der Waals surface area contributed by atoms with E-state index in [2.05, 4.69) is 57.2 Å². The van der Waals surface area contributed by atoms with Crippen LogP contribution in [0.25, 0.3) is 16.5 Å². The summed E-state index contributed by atoms with van der Waals surface area (Å²) >= 11 is 0. The summed E-state index contributed by atoms with van der Waals surface area (Å²) in [4.78, 5) is 17.5. The Morgan fingerprint density at radius 2 is 2.33 bits per heavy atom. The maximum Gasteiger partial charge on any atom is 0.307 e. The molecule has 122 valence electrons. The highest BCUT2D eigenvalue weighted by Crippen LogP contribution is 2.39. The average Bonchev–Trinajstić information content (AvgIpc) is 2.99. The molecule has 1 aromatic heterocycles. The van der Waals surface area contributed by atoms with Gasteiger partial charge in [-0.25, -0.2) is 4.57 Å². The number of aromatic amines is 1. The number of nitrogens with one attached hydrogen (secondary N) is 2. The molecule has 1 aromatic carbocycles. The molecule has 1 amide bonds.